The highest BCUT2D eigenvalue weighted by Crippen LogP contribution is 2.27. The quantitative estimate of drug-likeness (QED) is 0.486. The third kappa shape index (κ3) is 2.98. The van der Waals surface area contributed by atoms with Gasteiger partial charge in [0.1, 0.15) is 11.6 Å². The third-order valence-electron chi connectivity index (χ3n) is 2.04. The Morgan fingerprint density at radius 3 is 2.71 bits per heavy atom. The van der Waals surface area contributed by atoms with Crippen LogP contribution in [-0.4, -0.2) is 25.3 Å². The molecule has 0 heterocycles. The second-order valence-corrected chi connectivity index (χ2v) is 3.09. The number of rotatable bonds is 3. The van der Waals surface area contributed by atoms with Gasteiger partial charge in [-0.2, -0.15) is 5.26 Å². The minimum atomic E-state index is -0.709. The highest BCUT2D eigenvalue weighted by Gasteiger charge is 2.09. The van der Waals surface area contributed by atoms with Gasteiger partial charge < -0.3 is 14.6 Å². The average Bonchev–Trinajstić information content (AvgIpc) is 2.36. The number of esters is 1. The summed E-state index contributed by atoms with van der Waals surface area (Å²) in [6, 6.07) is 6.21. The number of carbonyl (C=O) groups is 1. The fourth-order valence-electron chi connectivity index (χ4n) is 1.20. The molecule has 1 N–H and O–H groups in total. The van der Waals surface area contributed by atoms with E-state index in [1.165, 1.54) is 32.4 Å². The van der Waals surface area contributed by atoms with Crippen molar-refractivity contribution in [1.82, 2.24) is 0 Å². The fraction of sp³-hybridized carbons (Fsp3) is 0.167. The Hall–Kier alpha value is -2.48. The molecule has 0 spiro atoms. The van der Waals surface area contributed by atoms with E-state index in [9.17, 15) is 9.90 Å². The summed E-state index contributed by atoms with van der Waals surface area (Å²) in [5.41, 5.74) is 0.432. The lowest BCUT2D eigenvalue weighted by Gasteiger charge is -2.04. The maximum atomic E-state index is 11.2. The fourth-order valence-corrected chi connectivity index (χ4v) is 1.20. The van der Waals surface area contributed by atoms with Crippen LogP contribution in [0.15, 0.2) is 23.8 Å². The van der Waals surface area contributed by atoms with Crippen LogP contribution < -0.4 is 4.74 Å². The number of phenolic OH excluding ortho intramolecular Hbond substituents is 1. The first-order valence-electron chi connectivity index (χ1n) is 4.69. The smallest absolute Gasteiger partial charge is 0.348 e. The molecule has 1 aromatic rings. The van der Waals surface area contributed by atoms with E-state index < -0.39 is 5.97 Å². The van der Waals surface area contributed by atoms with Gasteiger partial charge in [0.15, 0.2) is 11.5 Å². The Bertz CT molecular complexity index is 500. The van der Waals surface area contributed by atoms with Crippen LogP contribution in [0.1, 0.15) is 5.56 Å². The van der Waals surface area contributed by atoms with Crippen molar-refractivity contribution in [3.8, 4) is 17.6 Å². The number of carbonyl (C=O) groups excluding carboxylic acids is 1. The summed E-state index contributed by atoms with van der Waals surface area (Å²) in [7, 11) is 2.61. The molecule has 0 aromatic heterocycles. The molecule has 0 saturated carbocycles. The molecular weight excluding hydrogens is 222 g/mol. The summed E-state index contributed by atoms with van der Waals surface area (Å²) in [6.07, 6.45) is 1.35. The molecule has 0 atom stereocenters. The highest BCUT2D eigenvalue weighted by molar-refractivity contribution is 5.97. The van der Waals surface area contributed by atoms with E-state index in [1.807, 2.05) is 0 Å². The lowest BCUT2D eigenvalue weighted by Crippen LogP contribution is -2.02. The van der Waals surface area contributed by atoms with Gasteiger partial charge >= 0.3 is 5.97 Å². The van der Waals surface area contributed by atoms with Crippen molar-refractivity contribution in [2.45, 2.75) is 0 Å². The summed E-state index contributed by atoms with van der Waals surface area (Å²) >= 11 is 0. The molecule has 0 aliphatic heterocycles. The second-order valence-electron chi connectivity index (χ2n) is 3.09. The highest BCUT2D eigenvalue weighted by atomic mass is 16.5. The number of phenols is 1. The zero-order valence-electron chi connectivity index (χ0n) is 9.43. The lowest BCUT2D eigenvalue weighted by molar-refractivity contribution is -0.135. The molecule has 0 aliphatic rings. The predicted molar refractivity (Wildman–Crippen MR) is 60.3 cm³/mol. The van der Waals surface area contributed by atoms with E-state index in [-0.39, 0.29) is 17.1 Å². The Morgan fingerprint density at radius 2 is 2.18 bits per heavy atom. The van der Waals surface area contributed by atoms with Crippen LogP contribution in [0.5, 0.6) is 11.5 Å². The molecule has 0 bridgehead atoms. The van der Waals surface area contributed by atoms with Gasteiger partial charge in [-0.15, -0.1) is 0 Å². The molecule has 0 unspecified atom stereocenters. The molecule has 5 nitrogen and oxygen atoms in total. The van der Waals surface area contributed by atoms with Crippen LogP contribution >= 0.6 is 0 Å². The van der Waals surface area contributed by atoms with Crippen molar-refractivity contribution in [1.29, 1.82) is 5.26 Å². The summed E-state index contributed by atoms with van der Waals surface area (Å²) in [4.78, 5) is 11.2. The Balaban J connectivity index is 3.13. The summed E-state index contributed by atoms with van der Waals surface area (Å²) in [5, 5.41) is 18.1. The lowest BCUT2D eigenvalue weighted by atomic mass is 10.1. The first-order valence-corrected chi connectivity index (χ1v) is 4.69. The van der Waals surface area contributed by atoms with Gasteiger partial charge in [0.05, 0.1) is 14.2 Å². The maximum Gasteiger partial charge on any atom is 0.348 e. The van der Waals surface area contributed by atoms with Crippen molar-refractivity contribution in [2.75, 3.05) is 14.2 Å². The molecule has 17 heavy (non-hydrogen) atoms. The molecular formula is C12H11NO4. The molecule has 0 saturated heterocycles. The maximum absolute atomic E-state index is 11.2. The third-order valence-corrected chi connectivity index (χ3v) is 2.04. The average molecular weight is 233 g/mol. The zero-order chi connectivity index (χ0) is 12.8. The number of ether oxygens (including phenoxy) is 2. The van der Waals surface area contributed by atoms with Gasteiger partial charge in [0.2, 0.25) is 0 Å². The Morgan fingerprint density at radius 1 is 1.47 bits per heavy atom. The summed E-state index contributed by atoms with van der Waals surface area (Å²) in [5.74, 6) is -0.457. The normalized spacial score (nSPS) is 10.5. The summed E-state index contributed by atoms with van der Waals surface area (Å²) < 4.78 is 9.35. The van der Waals surface area contributed by atoms with Gasteiger partial charge in [-0.25, -0.2) is 4.79 Å². The van der Waals surface area contributed by atoms with E-state index in [0.29, 0.717) is 5.56 Å². The minimum Gasteiger partial charge on any atom is -0.504 e. The number of nitriles is 1. The number of methoxy groups -OCH3 is 2. The molecule has 0 fully saturated rings. The van der Waals surface area contributed by atoms with Gasteiger partial charge in [-0.3, -0.25) is 0 Å². The van der Waals surface area contributed by atoms with Crippen LogP contribution in [0.3, 0.4) is 0 Å². The first kappa shape index (κ1) is 12.6. The van der Waals surface area contributed by atoms with E-state index in [4.69, 9.17) is 10.00 Å². The SMILES string of the molecule is COC(=O)C(C#N)=Cc1ccc(O)c(OC)c1. The number of hydrogen-bond donors (Lipinski definition) is 1. The molecule has 1 aromatic carbocycles. The Labute approximate surface area is 98.5 Å². The van der Waals surface area contributed by atoms with Crippen molar-refractivity contribution < 1.29 is 19.4 Å². The minimum absolute atomic E-state index is 0.0128. The van der Waals surface area contributed by atoms with E-state index in [1.54, 1.807) is 12.1 Å². The van der Waals surface area contributed by atoms with E-state index in [0.717, 1.165) is 0 Å². The van der Waals surface area contributed by atoms with E-state index in [2.05, 4.69) is 4.74 Å². The molecule has 88 valence electrons. The Kier molecular flexibility index (Phi) is 4.12. The van der Waals surface area contributed by atoms with Crippen molar-refractivity contribution >= 4 is 12.0 Å². The van der Waals surface area contributed by atoms with Crippen molar-refractivity contribution in [3.63, 3.8) is 0 Å². The molecule has 0 aliphatic carbocycles. The molecule has 0 radical (unpaired) electrons. The predicted octanol–water partition coefficient (Wildman–Crippen LogP) is 1.48. The van der Waals surface area contributed by atoms with Crippen LogP contribution in [0, 0.1) is 11.3 Å². The second kappa shape index (κ2) is 5.56. The zero-order valence-corrected chi connectivity index (χ0v) is 9.43. The molecule has 5 heteroatoms. The van der Waals surface area contributed by atoms with Crippen molar-refractivity contribution in [3.05, 3.63) is 29.3 Å². The summed E-state index contributed by atoms with van der Waals surface area (Å²) in [6.45, 7) is 0. The number of nitrogens with zero attached hydrogens (tertiary/aromatic N) is 1. The number of aromatic hydroxyl groups is 1. The largest absolute Gasteiger partial charge is 0.504 e. The van der Waals surface area contributed by atoms with Crippen LogP contribution in [0.2, 0.25) is 0 Å². The van der Waals surface area contributed by atoms with Crippen LogP contribution in [0.4, 0.5) is 0 Å². The number of hydrogen-bond acceptors (Lipinski definition) is 5. The van der Waals surface area contributed by atoms with Crippen LogP contribution in [0.25, 0.3) is 6.08 Å². The monoisotopic (exact) mass is 233 g/mol. The van der Waals surface area contributed by atoms with E-state index >= 15 is 0 Å². The number of benzene rings is 1. The van der Waals surface area contributed by atoms with Crippen LogP contribution in [-0.2, 0) is 9.53 Å². The van der Waals surface area contributed by atoms with Gasteiger partial charge in [0.25, 0.3) is 0 Å². The van der Waals surface area contributed by atoms with Crippen molar-refractivity contribution in [2.24, 2.45) is 0 Å². The van der Waals surface area contributed by atoms with Gasteiger partial charge in [-0.1, -0.05) is 6.07 Å². The molecule has 0 amide bonds. The molecule has 1 rings (SSSR count). The topological polar surface area (TPSA) is 79.6 Å². The first-order chi connectivity index (χ1) is 8.12. The standard InChI is InChI=1S/C12H11NO4/c1-16-11-6-8(3-4-10(11)14)5-9(7-13)12(15)17-2/h3-6,14H,1-2H3. The van der Waals surface area contributed by atoms with Gasteiger partial charge in [-0.05, 0) is 23.8 Å². The van der Waals surface area contributed by atoms with Gasteiger partial charge in [0, 0.05) is 0 Å².